The molecule has 21 heavy (non-hydrogen) atoms. The quantitative estimate of drug-likeness (QED) is 0.942. The van der Waals surface area contributed by atoms with Gasteiger partial charge in [-0.05, 0) is 36.6 Å². The van der Waals surface area contributed by atoms with Gasteiger partial charge in [-0.25, -0.2) is 4.68 Å². The zero-order valence-electron chi connectivity index (χ0n) is 12.5. The second kappa shape index (κ2) is 5.24. The molecular weight excluding hydrogens is 266 g/mol. The molecule has 0 radical (unpaired) electrons. The summed E-state index contributed by atoms with van der Waals surface area (Å²) in [6.45, 7) is 2.10. The number of hydrogen-bond acceptors (Lipinski definition) is 4. The van der Waals surface area contributed by atoms with E-state index in [-0.39, 0.29) is 5.78 Å². The van der Waals surface area contributed by atoms with Crippen LogP contribution in [0, 0.1) is 5.92 Å². The molecule has 3 rings (SSSR count). The maximum absolute atomic E-state index is 12.3. The van der Waals surface area contributed by atoms with Gasteiger partial charge in [0.2, 0.25) is 0 Å². The molecule has 5 heteroatoms. The minimum Gasteiger partial charge on any atom is -0.497 e. The number of nitrogens with one attached hydrogen (secondary N) is 1. The van der Waals surface area contributed by atoms with Crippen LogP contribution in [0.25, 0.3) is 5.69 Å². The number of aromatic nitrogens is 2. The molecule has 0 unspecified atom stereocenters. The van der Waals surface area contributed by atoms with Gasteiger partial charge in [0, 0.05) is 13.5 Å². The number of hydrogen-bond donors (Lipinski definition) is 1. The number of Topliss-reactive ketones (excluding diaryl/α,β-unsaturated/α-hetero) is 1. The van der Waals surface area contributed by atoms with Crippen LogP contribution in [-0.4, -0.2) is 29.7 Å². The summed E-state index contributed by atoms with van der Waals surface area (Å²) in [5, 5.41) is 7.60. The number of methoxy groups -OCH3 is 1. The van der Waals surface area contributed by atoms with Crippen LogP contribution >= 0.6 is 0 Å². The second-order valence-corrected chi connectivity index (χ2v) is 5.47. The van der Waals surface area contributed by atoms with Gasteiger partial charge in [0.05, 0.1) is 24.1 Å². The van der Waals surface area contributed by atoms with E-state index in [9.17, 15) is 4.79 Å². The number of rotatable bonds is 3. The molecule has 0 aliphatic heterocycles. The molecular formula is C16H19N3O2. The normalized spacial score (nSPS) is 17.5. The number of ether oxygens (including phenoxy) is 1. The van der Waals surface area contributed by atoms with E-state index in [1.165, 1.54) is 0 Å². The summed E-state index contributed by atoms with van der Waals surface area (Å²) in [6, 6.07) is 7.71. The summed E-state index contributed by atoms with van der Waals surface area (Å²) in [5.74, 6) is 1.99. The molecule has 0 spiro atoms. The molecule has 1 heterocycles. The SMILES string of the molecule is CNc1nn(-c2ccc(OC)cc2)c2c1C(=O)C[C@@H](C)C2. The first-order valence-electron chi connectivity index (χ1n) is 7.11. The van der Waals surface area contributed by atoms with E-state index >= 15 is 0 Å². The average molecular weight is 285 g/mol. The van der Waals surface area contributed by atoms with Crippen LogP contribution in [-0.2, 0) is 6.42 Å². The maximum Gasteiger partial charge on any atom is 0.168 e. The summed E-state index contributed by atoms with van der Waals surface area (Å²) >= 11 is 0. The smallest absolute Gasteiger partial charge is 0.168 e. The molecule has 0 saturated heterocycles. The summed E-state index contributed by atoms with van der Waals surface area (Å²) in [7, 11) is 3.44. The van der Waals surface area contributed by atoms with Crippen LogP contribution in [0.15, 0.2) is 24.3 Å². The first-order valence-corrected chi connectivity index (χ1v) is 7.11. The van der Waals surface area contributed by atoms with Crippen molar-refractivity contribution in [3.05, 3.63) is 35.5 Å². The molecule has 1 aromatic heterocycles. The highest BCUT2D eigenvalue weighted by Crippen LogP contribution is 2.32. The maximum atomic E-state index is 12.3. The van der Waals surface area contributed by atoms with Crippen molar-refractivity contribution in [3.63, 3.8) is 0 Å². The van der Waals surface area contributed by atoms with Crippen molar-refractivity contribution in [1.82, 2.24) is 9.78 Å². The highest BCUT2D eigenvalue weighted by molar-refractivity contribution is 6.02. The monoisotopic (exact) mass is 285 g/mol. The third kappa shape index (κ3) is 2.28. The van der Waals surface area contributed by atoms with E-state index in [2.05, 4.69) is 17.3 Å². The molecule has 0 fully saturated rings. The van der Waals surface area contributed by atoms with Crippen molar-refractivity contribution in [1.29, 1.82) is 0 Å². The molecule has 2 aromatic rings. The number of carbonyl (C=O) groups is 1. The molecule has 1 aliphatic rings. The highest BCUT2D eigenvalue weighted by Gasteiger charge is 2.30. The Labute approximate surface area is 123 Å². The van der Waals surface area contributed by atoms with Gasteiger partial charge in [0.1, 0.15) is 5.75 Å². The van der Waals surface area contributed by atoms with Crippen LogP contribution < -0.4 is 10.1 Å². The van der Waals surface area contributed by atoms with Gasteiger partial charge in [-0.15, -0.1) is 5.10 Å². The number of ketones is 1. The van der Waals surface area contributed by atoms with E-state index in [1.54, 1.807) is 14.2 Å². The van der Waals surface area contributed by atoms with E-state index in [0.29, 0.717) is 18.2 Å². The molecule has 0 amide bonds. The van der Waals surface area contributed by atoms with Crippen molar-refractivity contribution in [2.75, 3.05) is 19.5 Å². The number of carbonyl (C=O) groups excluding carboxylic acids is 1. The summed E-state index contributed by atoms with van der Waals surface area (Å²) in [6.07, 6.45) is 1.46. The number of fused-ring (bicyclic) bond motifs is 1. The lowest BCUT2D eigenvalue weighted by Crippen LogP contribution is -2.19. The Morgan fingerprint density at radius 2 is 2.00 bits per heavy atom. The van der Waals surface area contributed by atoms with Gasteiger partial charge in [-0.3, -0.25) is 4.79 Å². The molecule has 1 N–H and O–H groups in total. The second-order valence-electron chi connectivity index (χ2n) is 5.47. The Kier molecular flexibility index (Phi) is 3.41. The third-order valence-corrected chi connectivity index (χ3v) is 3.89. The molecule has 0 bridgehead atoms. The fourth-order valence-corrected chi connectivity index (χ4v) is 2.87. The predicted octanol–water partition coefficient (Wildman–Crippen LogP) is 2.69. The van der Waals surface area contributed by atoms with Crippen LogP contribution in [0.1, 0.15) is 29.4 Å². The Hall–Kier alpha value is -2.30. The van der Waals surface area contributed by atoms with Crippen molar-refractivity contribution in [2.24, 2.45) is 5.92 Å². The molecule has 1 atom stereocenters. The summed E-state index contributed by atoms with van der Waals surface area (Å²) in [4.78, 5) is 12.3. The predicted molar refractivity (Wildman–Crippen MR) is 81.5 cm³/mol. The van der Waals surface area contributed by atoms with Crippen LogP contribution in [0.5, 0.6) is 5.75 Å². The van der Waals surface area contributed by atoms with Crippen molar-refractivity contribution >= 4 is 11.6 Å². The number of benzene rings is 1. The fraction of sp³-hybridized carbons (Fsp3) is 0.375. The van der Waals surface area contributed by atoms with Gasteiger partial charge >= 0.3 is 0 Å². The molecule has 5 nitrogen and oxygen atoms in total. The largest absolute Gasteiger partial charge is 0.497 e. The fourth-order valence-electron chi connectivity index (χ4n) is 2.87. The topological polar surface area (TPSA) is 56.1 Å². The van der Waals surface area contributed by atoms with Gasteiger partial charge < -0.3 is 10.1 Å². The Bertz CT molecular complexity index is 674. The minimum atomic E-state index is 0.174. The molecule has 110 valence electrons. The minimum absolute atomic E-state index is 0.174. The van der Waals surface area contributed by atoms with E-state index in [0.717, 1.165) is 29.1 Å². The van der Waals surface area contributed by atoms with Gasteiger partial charge in [-0.2, -0.15) is 0 Å². The molecule has 1 aromatic carbocycles. The summed E-state index contributed by atoms with van der Waals surface area (Å²) in [5.41, 5.74) is 2.68. The van der Waals surface area contributed by atoms with Gasteiger partial charge in [-0.1, -0.05) is 6.92 Å². The Morgan fingerprint density at radius 1 is 1.29 bits per heavy atom. The molecule has 1 aliphatic carbocycles. The lowest BCUT2D eigenvalue weighted by atomic mass is 9.88. The van der Waals surface area contributed by atoms with Crippen molar-refractivity contribution in [2.45, 2.75) is 19.8 Å². The number of nitrogens with zero attached hydrogens (tertiary/aromatic N) is 2. The average Bonchev–Trinajstić information content (AvgIpc) is 2.86. The zero-order valence-corrected chi connectivity index (χ0v) is 12.5. The van der Waals surface area contributed by atoms with Crippen molar-refractivity contribution < 1.29 is 9.53 Å². The van der Waals surface area contributed by atoms with E-state index in [1.807, 2.05) is 28.9 Å². The zero-order chi connectivity index (χ0) is 15.0. The van der Waals surface area contributed by atoms with Gasteiger partial charge in [0.15, 0.2) is 11.6 Å². The lowest BCUT2D eigenvalue weighted by molar-refractivity contribution is 0.0953. The standard InChI is InChI=1S/C16H19N3O2/c1-10-8-13-15(14(20)9-10)16(17-2)18-19(13)11-4-6-12(21-3)7-5-11/h4-7,10H,8-9H2,1-3H3,(H,17,18)/t10-/m0/s1. The Morgan fingerprint density at radius 3 is 2.62 bits per heavy atom. The van der Waals surface area contributed by atoms with Crippen LogP contribution in [0.4, 0.5) is 5.82 Å². The third-order valence-electron chi connectivity index (χ3n) is 3.89. The highest BCUT2D eigenvalue weighted by atomic mass is 16.5. The molecule has 0 saturated carbocycles. The summed E-state index contributed by atoms with van der Waals surface area (Å²) < 4.78 is 7.05. The number of anilines is 1. The van der Waals surface area contributed by atoms with Crippen LogP contribution in [0.3, 0.4) is 0 Å². The van der Waals surface area contributed by atoms with Gasteiger partial charge in [0.25, 0.3) is 0 Å². The first-order chi connectivity index (χ1) is 10.1. The van der Waals surface area contributed by atoms with E-state index in [4.69, 9.17) is 4.74 Å². The first kappa shape index (κ1) is 13.7. The van der Waals surface area contributed by atoms with Crippen LogP contribution in [0.2, 0.25) is 0 Å². The lowest BCUT2D eigenvalue weighted by Gasteiger charge is -2.19. The van der Waals surface area contributed by atoms with Crippen molar-refractivity contribution in [3.8, 4) is 11.4 Å². The Balaban J connectivity index is 2.12. The van der Waals surface area contributed by atoms with E-state index < -0.39 is 0 Å².